The van der Waals surface area contributed by atoms with Gasteiger partial charge in [0.1, 0.15) is 0 Å². The Balaban J connectivity index is 1.52. The van der Waals surface area contributed by atoms with Gasteiger partial charge in [0.05, 0.1) is 0 Å². The molecule has 0 aliphatic heterocycles. The summed E-state index contributed by atoms with van der Waals surface area (Å²) in [5.74, 6) is 1.92. The quantitative estimate of drug-likeness (QED) is 0.852. The molecule has 0 amide bonds. The minimum Gasteiger partial charge on any atom is -0.324 e. The Kier molecular flexibility index (Phi) is 2.89. The molecule has 0 radical (unpaired) electrons. The lowest BCUT2D eigenvalue weighted by atomic mass is 9.68. The number of fused-ring (bicyclic) bond motifs is 4. The molecule has 0 spiro atoms. The van der Waals surface area contributed by atoms with Crippen LogP contribution < -0.4 is 11.1 Å². The van der Waals surface area contributed by atoms with Gasteiger partial charge in [-0.3, -0.25) is 0 Å². The fraction of sp³-hybridized carbons (Fsp3) is 0.647. The van der Waals surface area contributed by atoms with Crippen LogP contribution in [0.25, 0.3) is 0 Å². The Hall–Kier alpha value is -0.860. The molecule has 3 atom stereocenters. The summed E-state index contributed by atoms with van der Waals surface area (Å²) in [5.41, 5.74) is 9.09. The summed E-state index contributed by atoms with van der Waals surface area (Å²) in [4.78, 5) is 0. The molecular weight excluding hydrogens is 232 g/mol. The number of hydrogen-bond donors (Lipinski definition) is 2. The first kappa shape index (κ1) is 11.9. The van der Waals surface area contributed by atoms with Gasteiger partial charge in [-0.05, 0) is 48.6 Å². The molecule has 102 valence electrons. The molecule has 1 aromatic rings. The van der Waals surface area contributed by atoms with Crippen molar-refractivity contribution in [3.8, 4) is 0 Å². The summed E-state index contributed by atoms with van der Waals surface area (Å²) in [6, 6.07) is 10.2. The van der Waals surface area contributed by atoms with E-state index in [4.69, 9.17) is 5.73 Å². The predicted molar refractivity (Wildman–Crippen MR) is 77.7 cm³/mol. The fourth-order valence-electron chi connectivity index (χ4n) is 4.67. The smallest absolute Gasteiger partial charge is 0.0344 e. The van der Waals surface area contributed by atoms with Crippen LogP contribution >= 0.6 is 0 Å². The Morgan fingerprint density at radius 3 is 2.37 bits per heavy atom. The Bertz CT molecular complexity index is 462. The summed E-state index contributed by atoms with van der Waals surface area (Å²) in [5, 5.41) is 3.96. The van der Waals surface area contributed by atoms with E-state index in [0.29, 0.717) is 6.04 Å². The van der Waals surface area contributed by atoms with Crippen LogP contribution in [-0.2, 0) is 0 Å². The summed E-state index contributed by atoms with van der Waals surface area (Å²) in [6.45, 7) is 0. The molecule has 0 aromatic heterocycles. The van der Waals surface area contributed by atoms with E-state index in [-0.39, 0.29) is 6.04 Å². The van der Waals surface area contributed by atoms with Crippen molar-refractivity contribution in [2.75, 3.05) is 0 Å². The lowest BCUT2D eigenvalue weighted by Gasteiger charge is -2.44. The van der Waals surface area contributed by atoms with Crippen molar-refractivity contribution in [3.05, 3.63) is 35.4 Å². The van der Waals surface area contributed by atoms with Crippen molar-refractivity contribution in [3.63, 3.8) is 0 Å². The highest BCUT2D eigenvalue weighted by Crippen LogP contribution is 2.44. The van der Waals surface area contributed by atoms with E-state index in [1.54, 1.807) is 0 Å². The van der Waals surface area contributed by atoms with Crippen LogP contribution in [0.2, 0.25) is 0 Å². The van der Waals surface area contributed by atoms with Gasteiger partial charge in [-0.15, -0.1) is 0 Å². The Morgan fingerprint density at radius 2 is 1.68 bits per heavy atom. The van der Waals surface area contributed by atoms with Crippen molar-refractivity contribution in [2.24, 2.45) is 17.6 Å². The lowest BCUT2D eigenvalue weighted by molar-refractivity contribution is 0.115. The number of rotatable bonds is 2. The van der Waals surface area contributed by atoms with Crippen molar-refractivity contribution in [1.82, 2.24) is 5.32 Å². The van der Waals surface area contributed by atoms with E-state index in [1.807, 2.05) is 0 Å². The zero-order valence-corrected chi connectivity index (χ0v) is 11.5. The third-order valence-corrected chi connectivity index (χ3v) is 5.72. The van der Waals surface area contributed by atoms with Gasteiger partial charge in [0, 0.05) is 18.1 Å². The van der Waals surface area contributed by atoms with E-state index < -0.39 is 0 Å². The number of benzene rings is 1. The van der Waals surface area contributed by atoms with Gasteiger partial charge in [-0.25, -0.2) is 0 Å². The van der Waals surface area contributed by atoms with Gasteiger partial charge in [0.25, 0.3) is 0 Å². The second-order valence-electron chi connectivity index (χ2n) is 6.81. The topological polar surface area (TPSA) is 38.0 Å². The predicted octanol–water partition coefficient (Wildman–Crippen LogP) is 3.30. The van der Waals surface area contributed by atoms with Crippen molar-refractivity contribution in [2.45, 2.75) is 56.7 Å². The first-order valence-corrected chi connectivity index (χ1v) is 7.91. The standard InChI is InChI=1S/C17H24N2/c18-15-10-17(14-4-2-1-3-13(14)15)19-16-9-11-5-7-12(16)8-6-11/h1-4,11-12,15-17,19H,5-10,18H2. The molecule has 4 aliphatic carbocycles. The van der Waals surface area contributed by atoms with E-state index in [1.165, 1.54) is 43.2 Å². The normalized spacial score (nSPS) is 40.4. The molecule has 5 rings (SSSR count). The van der Waals surface area contributed by atoms with Gasteiger partial charge >= 0.3 is 0 Å². The molecular formula is C17H24N2. The molecule has 1 aromatic carbocycles. The van der Waals surface area contributed by atoms with E-state index in [0.717, 1.165) is 24.3 Å². The number of hydrogen-bond acceptors (Lipinski definition) is 2. The zero-order valence-electron chi connectivity index (χ0n) is 11.5. The van der Waals surface area contributed by atoms with Crippen LogP contribution in [0.3, 0.4) is 0 Å². The Labute approximate surface area is 115 Å². The Morgan fingerprint density at radius 1 is 0.947 bits per heavy atom. The van der Waals surface area contributed by atoms with Crippen LogP contribution in [0, 0.1) is 11.8 Å². The second kappa shape index (κ2) is 4.60. The van der Waals surface area contributed by atoms with Gasteiger partial charge < -0.3 is 11.1 Å². The zero-order chi connectivity index (χ0) is 12.8. The first-order chi connectivity index (χ1) is 9.31. The molecule has 3 saturated carbocycles. The third kappa shape index (κ3) is 2.02. The monoisotopic (exact) mass is 256 g/mol. The molecule has 3 fully saturated rings. The summed E-state index contributed by atoms with van der Waals surface area (Å²) in [6.07, 6.45) is 8.32. The van der Waals surface area contributed by atoms with E-state index in [2.05, 4.69) is 29.6 Å². The molecule has 4 aliphatic rings. The average molecular weight is 256 g/mol. The lowest BCUT2D eigenvalue weighted by Crippen LogP contribution is -2.45. The van der Waals surface area contributed by atoms with Crippen LogP contribution in [0.5, 0.6) is 0 Å². The van der Waals surface area contributed by atoms with Crippen LogP contribution in [0.4, 0.5) is 0 Å². The second-order valence-corrected chi connectivity index (χ2v) is 6.81. The SMILES string of the molecule is NC1CC(NC2CC3CCC2CC3)c2ccccc21. The highest BCUT2D eigenvalue weighted by Gasteiger charge is 2.38. The molecule has 0 saturated heterocycles. The first-order valence-electron chi connectivity index (χ1n) is 7.91. The summed E-state index contributed by atoms with van der Waals surface area (Å²) >= 11 is 0. The maximum absolute atomic E-state index is 6.28. The number of nitrogens with one attached hydrogen (secondary N) is 1. The maximum atomic E-state index is 6.28. The molecule has 2 bridgehead atoms. The van der Waals surface area contributed by atoms with Crippen molar-refractivity contribution < 1.29 is 0 Å². The highest BCUT2D eigenvalue weighted by molar-refractivity contribution is 5.37. The molecule has 3 unspecified atom stereocenters. The minimum absolute atomic E-state index is 0.231. The largest absolute Gasteiger partial charge is 0.324 e. The third-order valence-electron chi connectivity index (χ3n) is 5.72. The molecule has 3 N–H and O–H groups in total. The van der Waals surface area contributed by atoms with Gasteiger partial charge in [-0.2, -0.15) is 0 Å². The molecule has 2 nitrogen and oxygen atoms in total. The molecule has 2 heteroatoms. The maximum Gasteiger partial charge on any atom is 0.0344 e. The van der Waals surface area contributed by atoms with Gasteiger partial charge in [0.2, 0.25) is 0 Å². The minimum atomic E-state index is 0.231. The van der Waals surface area contributed by atoms with Crippen molar-refractivity contribution >= 4 is 0 Å². The van der Waals surface area contributed by atoms with Crippen molar-refractivity contribution in [1.29, 1.82) is 0 Å². The number of nitrogens with two attached hydrogens (primary N) is 1. The highest BCUT2D eigenvalue weighted by atomic mass is 15.0. The average Bonchev–Trinajstić information content (AvgIpc) is 2.78. The fourth-order valence-corrected chi connectivity index (χ4v) is 4.67. The summed E-state index contributed by atoms with van der Waals surface area (Å²) < 4.78 is 0. The molecule has 0 heterocycles. The van der Waals surface area contributed by atoms with Gasteiger partial charge in [0.15, 0.2) is 0 Å². The van der Waals surface area contributed by atoms with E-state index >= 15 is 0 Å². The molecule has 19 heavy (non-hydrogen) atoms. The summed E-state index contributed by atoms with van der Waals surface area (Å²) in [7, 11) is 0. The van der Waals surface area contributed by atoms with Crippen LogP contribution in [-0.4, -0.2) is 6.04 Å². The van der Waals surface area contributed by atoms with Gasteiger partial charge in [-0.1, -0.05) is 37.1 Å². The van der Waals surface area contributed by atoms with E-state index in [9.17, 15) is 0 Å². The van der Waals surface area contributed by atoms with Crippen LogP contribution in [0.15, 0.2) is 24.3 Å². The van der Waals surface area contributed by atoms with Crippen LogP contribution in [0.1, 0.15) is 61.7 Å².